The topological polar surface area (TPSA) is 63.8 Å². The summed E-state index contributed by atoms with van der Waals surface area (Å²) in [4.78, 5) is 11.9. The van der Waals surface area contributed by atoms with Gasteiger partial charge in [0.05, 0.1) is 12.2 Å². The van der Waals surface area contributed by atoms with Crippen LogP contribution in [0.15, 0.2) is 29.1 Å². The molecule has 0 saturated carbocycles. The number of aromatic amines is 1. The highest BCUT2D eigenvalue weighted by molar-refractivity contribution is 5.40. The second kappa shape index (κ2) is 5.08. The first-order valence-electron chi connectivity index (χ1n) is 5.93. The van der Waals surface area contributed by atoms with Crippen LogP contribution in [-0.2, 0) is 13.0 Å². The fourth-order valence-corrected chi connectivity index (χ4v) is 1.92. The van der Waals surface area contributed by atoms with E-state index in [1.807, 2.05) is 6.92 Å². The van der Waals surface area contributed by atoms with E-state index in [-0.39, 0.29) is 17.1 Å². The number of rotatable bonds is 4. The molecule has 0 unspecified atom stereocenters. The van der Waals surface area contributed by atoms with E-state index in [0.717, 1.165) is 24.1 Å². The van der Waals surface area contributed by atoms with Gasteiger partial charge >= 0.3 is 0 Å². The lowest BCUT2D eigenvalue weighted by molar-refractivity contribution is 0.614. The maximum absolute atomic E-state index is 13.1. The first-order valence-corrected chi connectivity index (χ1v) is 5.93. The van der Waals surface area contributed by atoms with Gasteiger partial charge in [0.25, 0.3) is 5.56 Å². The van der Waals surface area contributed by atoms with E-state index in [2.05, 4.69) is 5.10 Å². The number of aromatic nitrogens is 2. The minimum atomic E-state index is -0.311. The lowest BCUT2D eigenvalue weighted by atomic mass is 10.2. The summed E-state index contributed by atoms with van der Waals surface area (Å²) in [5.74, 6) is -0.311. The molecule has 2 rings (SSSR count). The second-order valence-corrected chi connectivity index (χ2v) is 4.28. The zero-order chi connectivity index (χ0) is 13.1. The Morgan fingerprint density at radius 3 is 2.89 bits per heavy atom. The summed E-state index contributed by atoms with van der Waals surface area (Å²) in [6.07, 6.45) is 1.64. The van der Waals surface area contributed by atoms with E-state index in [0.29, 0.717) is 6.54 Å². The molecule has 1 heterocycles. The van der Waals surface area contributed by atoms with Gasteiger partial charge < -0.3 is 5.73 Å². The highest BCUT2D eigenvalue weighted by Gasteiger charge is 2.10. The third-order valence-corrected chi connectivity index (χ3v) is 2.80. The van der Waals surface area contributed by atoms with E-state index in [4.69, 9.17) is 5.73 Å². The van der Waals surface area contributed by atoms with Gasteiger partial charge in [-0.2, -0.15) is 0 Å². The van der Waals surface area contributed by atoms with E-state index in [1.54, 1.807) is 12.1 Å². The molecule has 0 aliphatic heterocycles. The van der Waals surface area contributed by atoms with Gasteiger partial charge in [0, 0.05) is 0 Å². The zero-order valence-electron chi connectivity index (χ0n) is 10.2. The van der Waals surface area contributed by atoms with Crippen molar-refractivity contribution >= 4 is 5.69 Å². The number of nitrogen functional groups attached to an aromatic ring is 1. The molecule has 4 nitrogen and oxygen atoms in total. The SMILES string of the molecule is CCCc1[nH]n(Cc2cccc(F)c2)c(=O)c1N. The summed E-state index contributed by atoms with van der Waals surface area (Å²) in [6.45, 7) is 2.31. The van der Waals surface area contributed by atoms with Crippen molar-refractivity contribution in [1.82, 2.24) is 9.78 Å². The van der Waals surface area contributed by atoms with Crippen LogP contribution in [0.5, 0.6) is 0 Å². The number of hydrogen-bond acceptors (Lipinski definition) is 2. The second-order valence-electron chi connectivity index (χ2n) is 4.28. The van der Waals surface area contributed by atoms with Crippen LogP contribution < -0.4 is 11.3 Å². The van der Waals surface area contributed by atoms with Crippen molar-refractivity contribution in [1.29, 1.82) is 0 Å². The Bertz CT molecular complexity index is 601. The van der Waals surface area contributed by atoms with Crippen LogP contribution in [-0.4, -0.2) is 9.78 Å². The Kier molecular flexibility index (Phi) is 3.50. The molecule has 0 fully saturated rings. The number of benzene rings is 1. The summed E-state index contributed by atoms with van der Waals surface area (Å²) >= 11 is 0. The maximum Gasteiger partial charge on any atom is 0.290 e. The molecular formula is C13H16FN3O. The average Bonchev–Trinajstić information content (AvgIpc) is 2.59. The molecule has 0 amide bonds. The van der Waals surface area contributed by atoms with Crippen molar-refractivity contribution in [3.8, 4) is 0 Å². The molecule has 0 spiro atoms. The Balaban J connectivity index is 2.29. The number of H-pyrrole nitrogens is 1. The molecule has 3 N–H and O–H groups in total. The molecule has 0 atom stereocenters. The summed E-state index contributed by atoms with van der Waals surface area (Å²) in [6, 6.07) is 6.17. The van der Waals surface area contributed by atoms with Crippen molar-refractivity contribution in [3.05, 3.63) is 51.7 Å². The standard InChI is InChI=1S/C13H16FN3O/c1-2-4-11-12(15)13(18)17(16-11)8-9-5-3-6-10(14)7-9/h3,5-7,16H,2,4,8,15H2,1H3. The monoisotopic (exact) mass is 249 g/mol. The van der Waals surface area contributed by atoms with Crippen LogP contribution in [0, 0.1) is 5.82 Å². The molecular weight excluding hydrogens is 233 g/mol. The number of nitrogens with two attached hydrogens (primary N) is 1. The Hall–Kier alpha value is -2.04. The third kappa shape index (κ3) is 2.45. The van der Waals surface area contributed by atoms with Crippen molar-refractivity contribution < 1.29 is 4.39 Å². The van der Waals surface area contributed by atoms with Gasteiger partial charge in [-0.05, 0) is 24.1 Å². The maximum atomic E-state index is 13.1. The molecule has 5 heteroatoms. The fraction of sp³-hybridized carbons (Fsp3) is 0.308. The largest absolute Gasteiger partial charge is 0.393 e. The van der Waals surface area contributed by atoms with Crippen molar-refractivity contribution in [2.75, 3.05) is 5.73 Å². The van der Waals surface area contributed by atoms with Crippen molar-refractivity contribution in [2.45, 2.75) is 26.3 Å². The molecule has 0 saturated heterocycles. The quantitative estimate of drug-likeness (QED) is 0.869. The third-order valence-electron chi connectivity index (χ3n) is 2.80. The highest BCUT2D eigenvalue weighted by atomic mass is 19.1. The van der Waals surface area contributed by atoms with E-state index in [9.17, 15) is 9.18 Å². The lowest BCUT2D eigenvalue weighted by Gasteiger charge is -2.02. The van der Waals surface area contributed by atoms with Gasteiger partial charge in [-0.1, -0.05) is 25.5 Å². The smallest absolute Gasteiger partial charge is 0.290 e. The van der Waals surface area contributed by atoms with Crippen LogP contribution in [0.25, 0.3) is 0 Å². The van der Waals surface area contributed by atoms with Gasteiger partial charge in [-0.25, -0.2) is 9.07 Å². The summed E-state index contributed by atoms with van der Waals surface area (Å²) in [7, 11) is 0. The summed E-state index contributed by atoms with van der Waals surface area (Å²) < 4.78 is 14.5. The van der Waals surface area contributed by atoms with Crippen LogP contribution in [0.4, 0.5) is 10.1 Å². The molecule has 1 aromatic heterocycles. The Morgan fingerprint density at radius 2 is 2.22 bits per heavy atom. The normalized spacial score (nSPS) is 10.8. The summed E-state index contributed by atoms with van der Waals surface area (Å²) in [5, 5.41) is 2.98. The first kappa shape index (κ1) is 12.4. The fourth-order valence-electron chi connectivity index (χ4n) is 1.92. The van der Waals surface area contributed by atoms with Gasteiger partial charge in [-0.15, -0.1) is 0 Å². The minimum absolute atomic E-state index is 0.247. The van der Waals surface area contributed by atoms with Gasteiger partial charge in [0.15, 0.2) is 0 Å². The summed E-state index contributed by atoms with van der Waals surface area (Å²) in [5.41, 5.74) is 7.22. The molecule has 0 radical (unpaired) electrons. The number of nitrogens with one attached hydrogen (secondary N) is 1. The molecule has 96 valence electrons. The zero-order valence-corrected chi connectivity index (χ0v) is 10.2. The van der Waals surface area contributed by atoms with Crippen LogP contribution >= 0.6 is 0 Å². The number of halogens is 1. The van der Waals surface area contributed by atoms with E-state index < -0.39 is 0 Å². The molecule has 1 aromatic carbocycles. The molecule has 0 aliphatic rings. The van der Waals surface area contributed by atoms with Crippen molar-refractivity contribution in [3.63, 3.8) is 0 Å². The van der Waals surface area contributed by atoms with Crippen molar-refractivity contribution in [2.24, 2.45) is 0 Å². The predicted molar refractivity (Wildman–Crippen MR) is 69.0 cm³/mol. The number of hydrogen-bond donors (Lipinski definition) is 2. The lowest BCUT2D eigenvalue weighted by Crippen LogP contribution is -2.19. The number of anilines is 1. The van der Waals surface area contributed by atoms with Crippen LogP contribution in [0.1, 0.15) is 24.6 Å². The Morgan fingerprint density at radius 1 is 1.44 bits per heavy atom. The van der Waals surface area contributed by atoms with Gasteiger partial charge in [-0.3, -0.25) is 9.89 Å². The predicted octanol–water partition coefficient (Wildman–Crippen LogP) is 1.90. The van der Waals surface area contributed by atoms with E-state index >= 15 is 0 Å². The molecule has 0 aliphatic carbocycles. The molecule has 18 heavy (non-hydrogen) atoms. The van der Waals surface area contributed by atoms with Gasteiger partial charge in [0.1, 0.15) is 11.5 Å². The minimum Gasteiger partial charge on any atom is -0.393 e. The first-order chi connectivity index (χ1) is 8.61. The molecule has 0 bridgehead atoms. The number of nitrogens with zero attached hydrogens (tertiary/aromatic N) is 1. The van der Waals surface area contributed by atoms with Crippen LogP contribution in [0.2, 0.25) is 0 Å². The van der Waals surface area contributed by atoms with Gasteiger partial charge in [0.2, 0.25) is 0 Å². The van der Waals surface area contributed by atoms with Crippen LogP contribution in [0.3, 0.4) is 0 Å². The number of aryl methyl sites for hydroxylation is 1. The molecule has 2 aromatic rings. The van der Waals surface area contributed by atoms with E-state index in [1.165, 1.54) is 16.8 Å². The average molecular weight is 249 g/mol. The highest BCUT2D eigenvalue weighted by Crippen LogP contribution is 2.09. The Labute approximate surface area is 104 Å².